The van der Waals surface area contributed by atoms with Gasteiger partial charge in [0.15, 0.2) is 5.96 Å². The van der Waals surface area contributed by atoms with E-state index in [4.69, 9.17) is 0 Å². The first-order valence-electron chi connectivity index (χ1n) is 7.73. The highest BCUT2D eigenvalue weighted by Crippen LogP contribution is 2.12. The van der Waals surface area contributed by atoms with E-state index in [1.54, 1.807) is 0 Å². The number of halogens is 1. The Morgan fingerprint density at radius 3 is 2.70 bits per heavy atom. The summed E-state index contributed by atoms with van der Waals surface area (Å²) in [5, 5.41) is 9.50. The van der Waals surface area contributed by atoms with E-state index in [9.17, 15) is 4.79 Å². The number of aliphatic imine (C=N–C) groups is 1. The molecule has 1 aromatic carbocycles. The number of carbonyl (C=O) groups is 1. The Bertz CT molecular complexity index is 563. The molecule has 2 rings (SSSR count). The van der Waals surface area contributed by atoms with Gasteiger partial charge in [-0.05, 0) is 37.5 Å². The van der Waals surface area contributed by atoms with Crippen LogP contribution >= 0.6 is 24.0 Å². The van der Waals surface area contributed by atoms with Crippen molar-refractivity contribution in [3.05, 3.63) is 42.0 Å². The topological polar surface area (TPSA) is 65.5 Å². The van der Waals surface area contributed by atoms with Crippen molar-refractivity contribution >= 4 is 41.5 Å². The van der Waals surface area contributed by atoms with Crippen LogP contribution in [-0.4, -0.2) is 24.5 Å². The van der Waals surface area contributed by atoms with Crippen molar-refractivity contribution in [3.63, 3.8) is 0 Å². The Hall–Kier alpha value is -1.57. The summed E-state index contributed by atoms with van der Waals surface area (Å²) in [5.41, 5.74) is 1.87. The molecule has 0 spiro atoms. The van der Waals surface area contributed by atoms with Gasteiger partial charge in [0, 0.05) is 25.2 Å². The minimum atomic E-state index is -0.0654. The van der Waals surface area contributed by atoms with Crippen molar-refractivity contribution in [2.45, 2.75) is 39.3 Å². The van der Waals surface area contributed by atoms with Gasteiger partial charge in [-0.2, -0.15) is 0 Å². The quantitative estimate of drug-likeness (QED) is 0.292. The predicted octanol–water partition coefficient (Wildman–Crippen LogP) is 3.04. The van der Waals surface area contributed by atoms with Crippen molar-refractivity contribution in [3.8, 4) is 0 Å². The maximum Gasteiger partial charge on any atom is 0.221 e. The lowest BCUT2D eigenvalue weighted by Gasteiger charge is -2.16. The van der Waals surface area contributed by atoms with Crippen LogP contribution in [-0.2, 0) is 11.3 Å². The Labute approximate surface area is 155 Å². The molecule has 1 aromatic rings. The second-order valence-corrected chi connectivity index (χ2v) is 5.36. The van der Waals surface area contributed by atoms with Crippen molar-refractivity contribution in [2.24, 2.45) is 4.99 Å². The molecule has 0 saturated heterocycles. The summed E-state index contributed by atoms with van der Waals surface area (Å²) in [7, 11) is 0. The highest BCUT2D eigenvalue weighted by Gasteiger charge is 2.11. The molecule has 3 N–H and O–H groups in total. The lowest BCUT2D eigenvalue weighted by Crippen LogP contribution is -2.42. The lowest BCUT2D eigenvalue weighted by atomic mass is 10.2. The summed E-state index contributed by atoms with van der Waals surface area (Å²) in [6, 6.07) is 8.20. The number of anilines is 1. The SMILES string of the molecule is CCNC(=NCc1cccc(NC(C)=O)c1)NC1CC=CC1.I. The predicted molar refractivity (Wildman–Crippen MR) is 106 cm³/mol. The smallest absolute Gasteiger partial charge is 0.221 e. The monoisotopic (exact) mass is 428 g/mol. The Kier molecular flexibility index (Phi) is 8.68. The average molecular weight is 428 g/mol. The van der Waals surface area contributed by atoms with E-state index in [1.807, 2.05) is 24.3 Å². The Balaban J connectivity index is 0.00000264. The molecule has 0 unspecified atom stereocenters. The standard InChI is InChI=1S/C17H24N4O.HI/c1-3-18-17(21-15-8-4-5-9-15)19-12-14-7-6-10-16(11-14)20-13(2)22;/h4-7,10-11,15H,3,8-9,12H2,1-2H3,(H,20,22)(H2,18,19,21);1H. The molecule has 0 fully saturated rings. The van der Waals surface area contributed by atoms with Gasteiger partial charge < -0.3 is 16.0 Å². The van der Waals surface area contributed by atoms with E-state index in [0.717, 1.165) is 36.6 Å². The second-order valence-electron chi connectivity index (χ2n) is 5.36. The first-order valence-corrected chi connectivity index (χ1v) is 7.73. The van der Waals surface area contributed by atoms with Gasteiger partial charge in [-0.25, -0.2) is 4.99 Å². The van der Waals surface area contributed by atoms with Gasteiger partial charge in [0.25, 0.3) is 0 Å². The molecule has 0 aliphatic heterocycles. The normalized spacial score (nSPS) is 14.3. The van der Waals surface area contributed by atoms with Gasteiger partial charge in [-0.15, -0.1) is 24.0 Å². The van der Waals surface area contributed by atoms with Crippen LogP contribution in [0, 0.1) is 0 Å². The molecule has 1 aliphatic rings. The number of hydrogen-bond acceptors (Lipinski definition) is 2. The third kappa shape index (κ3) is 7.02. The van der Waals surface area contributed by atoms with Gasteiger partial charge in [-0.1, -0.05) is 24.3 Å². The fraction of sp³-hybridized carbons (Fsp3) is 0.412. The number of benzene rings is 1. The van der Waals surface area contributed by atoms with E-state index in [0.29, 0.717) is 12.6 Å². The molecule has 0 aromatic heterocycles. The first-order chi connectivity index (χ1) is 10.7. The van der Waals surface area contributed by atoms with E-state index in [1.165, 1.54) is 6.92 Å². The van der Waals surface area contributed by atoms with Crippen LogP contribution in [0.2, 0.25) is 0 Å². The number of hydrogen-bond donors (Lipinski definition) is 3. The summed E-state index contributed by atoms with van der Waals surface area (Å²) in [6.07, 6.45) is 6.47. The molecule has 1 amide bonds. The molecule has 5 nitrogen and oxygen atoms in total. The number of nitrogens with zero attached hydrogens (tertiary/aromatic N) is 1. The van der Waals surface area contributed by atoms with Crippen LogP contribution in [0.5, 0.6) is 0 Å². The zero-order valence-electron chi connectivity index (χ0n) is 13.6. The van der Waals surface area contributed by atoms with E-state index >= 15 is 0 Å². The molecule has 0 bridgehead atoms. The lowest BCUT2D eigenvalue weighted by molar-refractivity contribution is -0.114. The zero-order chi connectivity index (χ0) is 15.8. The third-order valence-corrected chi connectivity index (χ3v) is 3.36. The highest BCUT2D eigenvalue weighted by molar-refractivity contribution is 14.0. The van der Waals surface area contributed by atoms with Gasteiger partial charge in [0.2, 0.25) is 5.91 Å². The number of nitrogens with one attached hydrogen (secondary N) is 3. The Morgan fingerprint density at radius 1 is 1.30 bits per heavy atom. The number of guanidine groups is 1. The summed E-state index contributed by atoms with van der Waals surface area (Å²) in [6.45, 7) is 4.97. The first kappa shape index (κ1) is 19.5. The molecule has 6 heteroatoms. The van der Waals surface area contributed by atoms with Crippen LogP contribution in [0.15, 0.2) is 41.4 Å². The molecule has 0 radical (unpaired) electrons. The van der Waals surface area contributed by atoms with E-state index in [-0.39, 0.29) is 29.9 Å². The molecule has 0 saturated carbocycles. The molecular weight excluding hydrogens is 403 g/mol. The van der Waals surface area contributed by atoms with Crippen LogP contribution in [0.3, 0.4) is 0 Å². The molecule has 1 aliphatic carbocycles. The zero-order valence-corrected chi connectivity index (χ0v) is 16.0. The summed E-state index contributed by atoms with van der Waals surface area (Å²) < 4.78 is 0. The largest absolute Gasteiger partial charge is 0.357 e. The Morgan fingerprint density at radius 2 is 2.04 bits per heavy atom. The van der Waals surface area contributed by atoms with Crippen LogP contribution < -0.4 is 16.0 Å². The third-order valence-electron chi connectivity index (χ3n) is 3.36. The molecule has 23 heavy (non-hydrogen) atoms. The van der Waals surface area contributed by atoms with Crippen molar-refractivity contribution in [1.82, 2.24) is 10.6 Å². The van der Waals surface area contributed by atoms with Gasteiger partial charge in [-0.3, -0.25) is 4.79 Å². The van der Waals surface area contributed by atoms with E-state index < -0.39 is 0 Å². The van der Waals surface area contributed by atoms with Crippen molar-refractivity contribution < 1.29 is 4.79 Å². The summed E-state index contributed by atoms with van der Waals surface area (Å²) in [4.78, 5) is 15.7. The summed E-state index contributed by atoms with van der Waals surface area (Å²) in [5.74, 6) is 0.769. The van der Waals surface area contributed by atoms with Crippen molar-refractivity contribution in [1.29, 1.82) is 0 Å². The maximum atomic E-state index is 11.1. The average Bonchev–Trinajstić information content (AvgIpc) is 2.98. The minimum Gasteiger partial charge on any atom is -0.357 e. The highest BCUT2D eigenvalue weighted by atomic mass is 127. The molecular formula is C17H25IN4O. The fourth-order valence-corrected chi connectivity index (χ4v) is 2.37. The van der Waals surface area contributed by atoms with Crippen LogP contribution in [0.4, 0.5) is 5.69 Å². The number of carbonyl (C=O) groups excluding carboxylic acids is 1. The van der Waals surface area contributed by atoms with Crippen LogP contribution in [0.1, 0.15) is 32.3 Å². The molecule has 0 atom stereocenters. The molecule has 0 heterocycles. The van der Waals surface area contributed by atoms with Crippen LogP contribution in [0.25, 0.3) is 0 Å². The minimum absolute atomic E-state index is 0. The van der Waals surface area contributed by atoms with Gasteiger partial charge in [0.1, 0.15) is 0 Å². The van der Waals surface area contributed by atoms with E-state index in [2.05, 4.69) is 40.0 Å². The summed E-state index contributed by atoms with van der Waals surface area (Å²) >= 11 is 0. The maximum absolute atomic E-state index is 11.1. The van der Waals surface area contributed by atoms with Gasteiger partial charge in [0.05, 0.1) is 6.54 Å². The fourth-order valence-electron chi connectivity index (χ4n) is 2.37. The number of amides is 1. The van der Waals surface area contributed by atoms with Crippen molar-refractivity contribution in [2.75, 3.05) is 11.9 Å². The second kappa shape index (κ2) is 10.3. The van der Waals surface area contributed by atoms with Gasteiger partial charge >= 0.3 is 0 Å². The molecule has 126 valence electrons. The number of rotatable bonds is 5.